The Morgan fingerprint density at radius 1 is 1.43 bits per heavy atom. The minimum absolute atomic E-state index is 0.332. The largest absolute Gasteiger partial charge is 0.493 e. The quantitative estimate of drug-likeness (QED) is 0.918. The van der Waals surface area contributed by atoms with Gasteiger partial charge < -0.3 is 14.6 Å². The summed E-state index contributed by atoms with van der Waals surface area (Å²) in [6.07, 6.45) is 6.00. The normalized spacial score (nSPS) is 18.9. The third-order valence-electron chi connectivity index (χ3n) is 4.26. The number of aromatic nitrogens is 2. The van der Waals surface area contributed by atoms with E-state index in [4.69, 9.17) is 4.74 Å². The molecule has 1 aromatic carbocycles. The minimum Gasteiger partial charge on any atom is -0.493 e. The van der Waals surface area contributed by atoms with Crippen LogP contribution in [-0.4, -0.2) is 22.7 Å². The van der Waals surface area contributed by atoms with Gasteiger partial charge in [0.15, 0.2) is 0 Å². The van der Waals surface area contributed by atoms with E-state index >= 15 is 0 Å². The Morgan fingerprint density at radius 3 is 3.05 bits per heavy atom. The highest BCUT2D eigenvalue weighted by molar-refractivity contribution is 5.38. The van der Waals surface area contributed by atoms with E-state index in [2.05, 4.69) is 47.0 Å². The Hall–Kier alpha value is -1.81. The average Bonchev–Trinajstić information content (AvgIpc) is 2.93. The first kappa shape index (κ1) is 14.1. The zero-order valence-electron chi connectivity index (χ0n) is 12.7. The fraction of sp³-hybridized carbons (Fsp3) is 0.471. The number of ether oxygens (including phenoxy) is 1. The van der Waals surface area contributed by atoms with Crippen molar-refractivity contribution in [3.63, 3.8) is 0 Å². The second-order valence-corrected chi connectivity index (χ2v) is 5.65. The van der Waals surface area contributed by atoms with Crippen LogP contribution in [-0.2, 0) is 7.05 Å². The maximum atomic E-state index is 5.77. The van der Waals surface area contributed by atoms with Crippen LogP contribution in [0.1, 0.15) is 43.0 Å². The van der Waals surface area contributed by atoms with Gasteiger partial charge in [0, 0.05) is 19.3 Å². The van der Waals surface area contributed by atoms with E-state index in [1.54, 1.807) is 0 Å². The minimum atomic E-state index is 0.332. The first-order valence-electron chi connectivity index (χ1n) is 7.71. The highest BCUT2D eigenvalue weighted by Crippen LogP contribution is 2.38. The molecule has 21 heavy (non-hydrogen) atoms. The summed E-state index contributed by atoms with van der Waals surface area (Å²) in [7, 11) is 2.06. The van der Waals surface area contributed by atoms with Crippen molar-refractivity contribution >= 4 is 0 Å². The molecule has 1 aliphatic heterocycles. The highest BCUT2D eigenvalue weighted by atomic mass is 16.5. The third kappa shape index (κ3) is 2.95. The van der Waals surface area contributed by atoms with Crippen LogP contribution in [0.5, 0.6) is 5.75 Å². The standard InChI is InChI=1S/C17H23N3O/c1-3-19-15(16-11-18-12-20(16)2)10-13-8-9-21-17-7-5-4-6-14(13)17/h4-7,11-13,15,19H,3,8-10H2,1-2H3. The molecular formula is C17H23N3O. The summed E-state index contributed by atoms with van der Waals surface area (Å²) < 4.78 is 7.88. The molecule has 3 rings (SSSR count). The number of hydrogen-bond donors (Lipinski definition) is 1. The molecule has 0 saturated heterocycles. The number of nitrogens with one attached hydrogen (secondary N) is 1. The zero-order chi connectivity index (χ0) is 14.7. The van der Waals surface area contributed by atoms with E-state index < -0.39 is 0 Å². The van der Waals surface area contributed by atoms with Gasteiger partial charge in [-0.05, 0) is 36.9 Å². The lowest BCUT2D eigenvalue weighted by molar-refractivity contribution is 0.254. The van der Waals surface area contributed by atoms with Crippen molar-refractivity contribution in [3.05, 3.63) is 48.0 Å². The van der Waals surface area contributed by atoms with E-state index in [0.717, 1.165) is 31.7 Å². The van der Waals surface area contributed by atoms with Gasteiger partial charge >= 0.3 is 0 Å². The van der Waals surface area contributed by atoms with Crippen LogP contribution in [0.2, 0.25) is 0 Å². The van der Waals surface area contributed by atoms with Crippen LogP contribution < -0.4 is 10.1 Å². The molecule has 0 saturated carbocycles. The number of benzene rings is 1. The van der Waals surface area contributed by atoms with E-state index in [1.807, 2.05) is 18.6 Å². The molecule has 0 amide bonds. The van der Waals surface area contributed by atoms with Crippen LogP contribution in [0.25, 0.3) is 0 Å². The van der Waals surface area contributed by atoms with E-state index in [9.17, 15) is 0 Å². The first-order valence-corrected chi connectivity index (χ1v) is 7.71. The maximum absolute atomic E-state index is 5.77. The molecule has 0 radical (unpaired) electrons. The molecule has 0 aliphatic carbocycles. The van der Waals surface area contributed by atoms with E-state index in [0.29, 0.717) is 12.0 Å². The number of aryl methyl sites for hydroxylation is 1. The second-order valence-electron chi connectivity index (χ2n) is 5.65. The van der Waals surface area contributed by atoms with Crippen molar-refractivity contribution < 1.29 is 4.74 Å². The fourth-order valence-electron chi connectivity index (χ4n) is 3.20. The molecule has 2 unspecified atom stereocenters. The lowest BCUT2D eigenvalue weighted by atomic mass is 9.86. The van der Waals surface area contributed by atoms with Gasteiger partial charge in [-0.15, -0.1) is 0 Å². The summed E-state index contributed by atoms with van der Waals surface area (Å²) in [5.74, 6) is 1.59. The smallest absolute Gasteiger partial charge is 0.122 e. The number of hydrogen-bond acceptors (Lipinski definition) is 3. The molecule has 2 heterocycles. The molecule has 1 aliphatic rings. The first-order chi connectivity index (χ1) is 10.3. The number of rotatable bonds is 5. The summed E-state index contributed by atoms with van der Waals surface area (Å²) in [6.45, 7) is 3.92. The number of fused-ring (bicyclic) bond motifs is 1. The number of nitrogens with zero attached hydrogens (tertiary/aromatic N) is 2. The molecule has 2 atom stereocenters. The van der Waals surface area contributed by atoms with Crippen molar-refractivity contribution in [2.45, 2.75) is 31.7 Å². The van der Waals surface area contributed by atoms with Crippen LogP contribution >= 0.6 is 0 Å². The summed E-state index contributed by atoms with van der Waals surface area (Å²) in [4.78, 5) is 4.26. The Labute approximate surface area is 126 Å². The van der Waals surface area contributed by atoms with E-state index in [-0.39, 0.29) is 0 Å². The fourth-order valence-corrected chi connectivity index (χ4v) is 3.20. The average molecular weight is 285 g/mol. The van der Waals surface area contributed by atoms with Gasteiger partial charge in [0.1, 0.15) is 5.75 Å². The molecule has 0 spiro atoms. The topological polar surface area (TPSA) is 39.1 Å². The van der Waals surface area contributed by atoms with E-state index in [1.165, 1.54) is 11.3 Å². The summed E-state index contributed by atoms with van der Waals surface area (Å²) in [6, 6.07) is 8.76. The molecule has 0 bridgehead atoms. The van der Waals surface area contributed by atoms with Crippen LogP contribution in [0.15, 0.2) is 36.8 Å². The molecule has 4 nitrogen and oxygen atoms in total. The Bertz CT molecular complexity index is 593. The maximum Gasteiger partial charge on any atom is 0.122 e. The SMILES string of the molecule is CCNC(CC1CCOc2ccccc21)c1cncn1C. The van der Waals surface area contributed by atoms with Gasteiger partial charge in [-0.1, -0.05) is 25.1 Å². The predicted molar refractivity (Wildman–Crippen MR) is 83.5 cm³/mol. The lowest BCUT2D eigenvalue weighted by Crippen LogP contribution is -2.26. The predicted octanol–water partition coefficient (Wildman–Crippen LogP) is 3.03. The van der Waals surface area contributed by atoms with Crippen molar-refractivity contribution in [1.29, 1.82) is 0 Å². The van der Waals surface area contributed by atoms with Crippen molar-refractivity contribution in [1.82, 2.24) is 14.9 Å². The van der Waals surface area contributed by atoms with Gasteiger partial charge in [-0.25, -0.2) is 4.98 Å². The van der Waals surface area contributed by atoms with Gasteiger partial charge in [0.2, 0.25) is 0 Å². The molecule has 112 valence electrons. The monoisotopic (exact) mass is 285 g/mol. The van der Waals surface area contributed by atoms with Gasteiger partial charge in [-0.3, -0.25) is 0 Å². The van der Waals surface area contributed by atoms with Crippen molar-refractivity contribution in [2.75, 3.05) is 13.2 Å². The molecule has 1 N–H and O–H groups in total. The van der Waals surface area contributed by atoms with Crippen LogP contribution in [0, 0.1) is 0 Å². The molecule has 4 heteroatoms. The Kier molecular flexibility index (Phi) is 4.25. The summed E-state index contributed by atoms with van der Waals surface area (Å²) >= 11 is 0. The molecular weight excluding hydrogens is 262 g/mol. The lowest BCUT2D eigenvalue weighted by Gasteiger charge is -2.29. The third-order valence-corrected chi connectivity index (χ3v) is 4.26. The molecule has 2 aromatic rings. The molecule has 1 aromatic heterocycles. The summed E-state index contributed by atoms with van der Waals surface area (Å²) in [5, 5.41) is 3.60. The van der Waals surface area contributed by atoms with Gasteiger partial charge in [0.25, 0.3) is 0 Å². The molecule has 0 fully saturated rings. The number of para-hydroxylation sites is 1. The van der Waals surface area contributed by atoms with Crippen molar-refractivity contribution in [3.8, 4) is 5.75 Å². The van der Waals surface area contributed by atoms with Gasteiger partial charge in [0.05, 0.1) is 18.6 Å². The zero-order valence-corrected chi connectivity index (χ0v) is 12.7. The second kappa shape index (κ2) is 6.31. The Balaban J connectivity index is 1.83. The van der Waals surface area contributed by atoms with Crippen LogP contribution in [0.3, 0.4) is 0 Å². The number of imidazole rings is 1. The highest BCUT2D eigenvalue weighted by Gasteiger charge is 2.25. The summed E-state index contributed by atoms with van der Waals surface area (Å²) in [5.41, 5.74) is 2.59. The van der Waals surface area contributed by atoms with Gasteiger partial charge in [-0.2, -0.15) is 0 Å². The van der Waals surface area contributed by atoms with Crippen LogP contribution in [0.4, 0.5) is 0 Å². The Morgan fingerprint density at radius 2 is 2.29 bits per heavy atom. The van der Waals surface area contributed by atoms with Crippen molar-refractivity contribution in [2.24, 2.45) is 7.05 Å².